The Labute approximate surface area is 118 Å². The van der Waals surface area contributed by atoms with Gasteiger partial charge in [-0.1, -0.05) is 26.0 Å². The molecular weight excluding hydrogens is 252 g/mol. The molecule has 2 aromatic rings. The lowest BCUT2D eigenvalue weighted by Crippen LogP contribution is -2.12. The molecule has 0 fully saturated rings. The number of aryl methyl sites for hydroxylation is 1. The number of nitrogens with zero attached hydrogens (tertiary/aromatic N) is 1. The van der Waals surface area contributed by atoms with Gasteiger partial charge in [-0.15, -0.1) is 0 Å². The van der Waals surface area contributed by atoms with Gasteiger partial charge >= 0.3 is 0 Å². The molecule has 4 N–H and O–H groups in total. The molecule has 0 spiro atoms. The number of hydrogen-bond donors (Lipinski definition) is 3. The van der Waals surface area contributed by atoms with Crippen molar-refractivity contribution in [3.05, 3.63) is 41.6 Å². The Bertz CT molecular complexity index is 589. The van der Waals surface area contributed by atoms with Gasteiger partial charge in [-0.3, -0.25) is 9.89 Å². The zero-order chi connectivity index (χ0) is 14.5. The third-order valence-electron chi connectivity index (χ3n) is 3.08. The Morgan fingerprint density at radius 3 is 2.85 bits per heavy atom. The number of nitrogen functional groups attached to an aromatic ring is 1. The van der Waals surface area contributed by atoms with E-state index in [0.29, 0.717) is 24.6 Å². The number of anilines is 2. The van der Waals surface area contributed by atoms with Gasteiger partial charge in [-0.05, 0) is 30.0 Å². The predicted octanol–water partition coefficient (Wildman–Crippen LogP) is 2.69. The maximum absolute atomic E-state index is 11.9. The number of rotatable bonds is 5. The van der Waals surface area contributed by atoms with Crippen LogP contribution in [0.4, 0.5) is 11.5 Å². The molecule has 5 heteroatoms. The molecule has 20 heavy (non-hydrogen) atoms. The number of hydrogen-bond acceptors (Lipinski definition) is 3. The summed E-state index contributed by atoms with van der Waals surface area (Å²) in [5.41, 5.74) is 8.49. The van der Waals surface area contributed by atoms with E-state index >= 15 is 0 Å². The normalized spacial score (nSPS) is 10.8. The van der Waals surface area contributed by atoms with Crippen molar-refractivity contribution in [3.63, 3.8) is 0 Å². The molecule has 0 aliphatic rings. The first kappa shape index (κ1) is 14.1. The van der Waals surface area contributed by atoms with E-state index in [4.69, 9.17) is 5.73 Å². The van der Waals surface area contributed by atoms with Crippen LogP contribution in [-0.4, -0.2) is 16.1 Å². The van der Waals surface area contributed by atoms with Crippen LogP contribution in [0.1, 0.15) is 37.4 Å². The van der Waals surface area contributed by atoms with E-state index in [1.165, 1.54) is 0 Å². The molecule has 0 aliphatic carbocycles. The summed E-state index contributed by atoms with van der Waals surface area (Å²) in [5, 5.41) is 9.77. The van der Waals surface area contributed by atoms with Crippen molar-refractivity contribution < 1.29 is 4.79 Å². The highest BCUT2D eigenvalue weighted by atomic mass is 16.1. The molecule has 106 valence electrons. The highest BCUT2D eigenvalue weighted by Crippen LogP contribution is 2.15. The van der Waals surface area contributed by atoms with Crippen LogP contribution in [0.3, 0.4) is 0 Å². The monoisotopic (exact) mass is 272 g/mol. The SMILES string of the molecule is CC(C)c1cc(NC(=O)CCc2cccc(N)c2)n[nH]1. The van der Waals surface area contributed by atoms with Crippen molar-refractivity contribution in [2.75, 3.05) is 11.1 Å². The summed E-state index contributed by atoms with van der Waals surface area (Å²) in [5.74, 6) is 0.890. The Hall–Kier alpha value is -2.30. The Kier molecular flexibility index (Phi) is 4.40. The Morgan fingerprint density at radius 1 is 1.40 bits per heavy atom. The van der Waals surface area contributed by atoms with E-state index in [9.17, 15) is 4.79 Å². The molecule has 0 aliphatic heterocycles. The van der Waals surface area contributed by atoms with Crippen molar-refractivity contribution in [2.45, 2.75) is 32.6 Å². The van der Waals surface area contributed by atoms with Crippen LogP contribution < -0.4 is 11.1 Å². The molecule has 5 nitrogen and oxygen atoms in total. The predicted molar refractivity (Wildman–Crippen MR) is 80.5 cm³/mol. The quantitative estimate of drug-likeness (QED) is 0.732. The van der Waals surface area contributed by atoms with Gasteiger partial charge in [0.15, 0.2) is 5.82 Å². The van der Waals surface area contributed by atoms with Gasteiger partial charge < -0.3 is 11.1 Å². The van der Waals surface area contributed by atoms with E-state index in [1.807, 2.05) is 30.3 Å². The molecule has 0 saturated heterocycles. The second-order valence-electron chi connectivity index (χ2n) is 5.16. The van der Waals surface area contributed by atoms with Gasteiger partial charge in [0.2, 0.25) is 5.91 Å². The summed E-state index contributed by atoms with van der Waals surface area (Å²) in [6.07, 6.45) is 1.08. The number of nitrogens with two attached hydrogens (primary N) is 1. The number of aromatic nitrogens is 2. The third kappa shape index (κ3) is 3.85. The Balaban J connectivity index is 1.86. The van der Waals surface area contributed by atoms with Gasteiger partial charge in [0, 0.05) is 23.9 Å². The minimum atomic E-state index is -0.0470. The molecule has 1 amide bonds. The smallest absolute Gasteiger partial charge is 0.225 e. The summed E-state index contributed by atoms with van der Waals surface area (Å²) in [4.78, 5) is 11.9. The lowest BCUT2D eigenvalue weighted by Gasteiger charge is -2.03. The number of H-pyrrole nitrogens is 1. The number of amides is 1. The van der Waals surface area contributed by atoms with Gasteiger partial charge in [-0.2, -0.15) is 5.10 Å². The Morgan fingerprint density at radius 2 is 2.20 bits per heavy atom. The molecule has 2 rings (SSSR count). The van der Waals surface area contributed by atoms with Crippen LogP contribution in [0.5, 0.6) is 0 Å². The fourth-order valence-corrected chi connectivity index (χ4v) is 1.91. The largest absolute Gasteiger partial charge is 0.399 e. The van der Waals surface area contributed by atoms with Crippen LogP contribution in [0.25, 0.3) is 0 Å². The lowest BCUT2D eigenvalue weighted by atomic mass is 10.1. The summed E-state index contributed by atoms with van der Waals surface area (Å²) in [6, 6.07) is 9.45. The van der Waals surface area contributed by atoms with Crippen LogP contribution in [-0.2, 0) is 11.2 Å². The molecule has 0 unspecified atom stereocenters. The van der Waals surface area contributed by atoms with E-state index in [0.717, 1.165) is 16.9 Å². The zero-order valence-corrected chi connectivity index (χ0v) is 11.8. The van der Waals surface area contributed by atoms with Crippen LogP contribution in [0, 0.1) is 0 Å². The molecular formula is C15H20N4O. The highest BCUT2D eigenvalue weighted by molar-refractivity contribution is 5.89. The molecule has 0 saturated carbocycles. The maximum Gasteiger partial charge on any atom is 0.225 e. The van der Waals surface area contributed by atoms with Crippen molar-refractivity contribution in [1.29, 1.82) is 0 Å². The average molecular weight is 272 g/mol. The van der Waals surface area contributed by atoms with Gasteiger partial charge in [-0.25, -0.2) is 0 Å². The number of carbonyl (C=O) groups excluding carboxylic acids is 1. The van der Waals surface area contributed by atoms with Crippen LogP contribution in [0.15, 0.2) is 30.3 Å². The summed E-state index contributed by atoms with van der Waals surface area (Å²) >= 11 is 0. The average Bonchev–Trinajstić information content (AvgIpc) is 2.85. The third-order valence-corrected chi connectivity index (χ3v) is 3.08. The standard InChI is InChI=1S/C15H20N4O/c1-10(2)13-9-14(19-18-13)17-15(20)7-6-11-4-3-5-12(16)8-11/h3-5,8-10H,6-7,16H2,1-2H3,(H2,17,18,19,20). The first-order chi connectivity index (χ1) is 9.54. The van der Waals surface area contributed by atoms with Gasteiger partial charge in [0.05, 0.1) is 0 Å². The summed E-state index contributed by atoms with van der Waals surface area (Å²) < 4.78 is 0. The van der Waals surface area contributed by atoms with Crippen molar-refractivity contribution in [1.82, 2.24) is 10.2 Å². The zero-order valence-electron chi connectivity index (χ0n) is 11.8. The minimum absolute atomic E-state index is 0.0470. The maximum atomic E-state index is 11.9. The second-order valence-corrected chi connectivity index (χ2v) is 5.16. The summed E-state index contributed by atoms with van der Waals surface area (Å²) in [7, 11) is 0. The summed E-state index contributed by atoms with van der Waals surface area (Å²) in [6.45, 7) is 4.14. The molecule has 1 aromatic carbocycles. The first-order valence-corrected chi connectivity index (χ1v) is 6.74. The molecule has 1 aromatic heterocycles. The van der Waals surface area contributed by atoms with Gasteiger partial charge in [0.1, 0.15) is 0 Å². The molecule has 0 bridgehead atoms. The van der Waals surface area contributed by atoms with Crippen molar-refractivity contribution >= 4 is 17.4 Å². The first-order valence-electron chi connectivity index (χ1n) is 6.74. The van der Waals surface area contributed by atoms with Gasteiger partial charge in [0.25, 0.3) is 0 Å². The molecule has 0 radical (unpaired) electrons. The number of aromatic amines is 1. The lowest BCUT2D eigenvalue weighted by molar-refractivity contribution is -0.116. The highest BCUT2D eigenvalue weighted by Gasteiger charge is 2.08. The fraction of sp³-hybridized carbons (Fsp3) is 0.333. The minimum Gasteiger partial charge on any atom is -0.399 e. The van der Waals surface area contributed by atoms with Crippen LogP contribution >= 0.6 is 0 Å². The van der Waals surface area contributed by atoms with E-state index in [-0.39, 0.29) is 5.91 Å². The molecule has 1 heterocycles. The molecule has 0 atom stereocenters. The topological polar surface area (TPSA) is 83.8 Å². The van der Waals surface area contributed by atoms with E-state index in [1.54, 1.807) is 0 Å². The fourth-order valence-electron chi connectivity index (χ4n) is 1.91. The van der Waals surface area contributed by atoms with Crippen LogP contribution in [0.2, 0.25) is 0 Å². The second kappa shape index (κ2) is 6.23. The number of benzene rings is 1. The van der Waals surface area contributed by atoms with Crippen molar-refractivity contribution in [3.8, 4) is 0 Å². The number of carbonyl (C=O) groups is 1. The van der Waals surface area contributed by atoms with E-state index < -0.39 is 0 Å². The van der Waals surface area contributed by atoms with E-state index in [2.05, 4.69) is 29.4 Å². The number of nitrogens with one attached hydrogen (secondary N) is 2. The van der Waals surface area contributed by atoms with Crippen molar-refractivity contribution in [2.24, 2.45) is 0 Å².